The van der Waals surface area contributed by atoms with Crippen LogP contribution in [0.4, 0.5) is 8.78 Å². The van der Waals surface area contributed by atoms with Gasteiger partial charge in [-0.2, -0.15) is 0 Å². The van der Waals surface area contributed by atoms with Gasteiger partial charge in [0.25, 0.3) is 0 Å². The quantitative estimate of drug-likeness (QED) is 0.380. The molecule has 3 fully saturated rings. The van der Waals surface area contributed by atoms with Crippen molar-refractivity contribution in [3.05, 3.63) is 47.5 Å². The van der Waals surface area contributed by atoms with Crippen molar-refractivity contribution in [1.29, 1.82) is 0 Å². The Kier molecular flexibility index (Phi) is 7.88. The van der Waals surface area contributed by atoms with Crippen LogP contribution in [0.5, 0.6) is 0 Å². The number of halogens is 2. The summed E-state index contributed by atoms with van der Waals surface area (Å²) in [4.78, 5) is 0. The Balaban J connectivity index is 1.27. The fourth-order valence-electron chi connectivity index (χ4n) is 7.15. The molecule has 2 heteroatoms. The van der Waals surface area contributed by atoms with Crippen molar-refractivity contribution in [2.75, 3.05) is 0 Å². The maximum Gasteiger partial charge on any atom is 0.129 e. The Hall–Kier alpha value is -1.18. The molecule has 4 rings (SSSR count). The Labute approximate surface area is 188 Å². The molecule has 172 valence electrons. The van der Waals surface area contributed by atoms with E-state index in [1.807, 2.05) is 0 Å². The molecule has 3 saturated carbocycles. The zero-order chi connectivity index (χ0) is 21.8. The van der Waals surface area contributed by atoms with Gasteiger partial charge >= 0.3 is 0 Å². The van der Waals surface area contributed by atoms with Gasteiger partial charge in [-0.15, -0.1) is 6.58 Å². The van der Waals surface area contributed by atoms with Crippen LogP contribution < -0.4 is 0 Å². The molecule has 0 aliphatic heterocycles. The summed E-state index contributed by atoms with van der Waals surface area (Å²) in [7, 11) is 0. The summed E-state index contributed by atoms with van der Waals surface area (Å²) in [6.45, 7) is 5.96. The molecule has 4 atom stereocenters. The Morgan fingerprint density at radius 1 is 0.806 bits per heavy atom. The van der Waals surface area contributed by atoms with Crippen LogP contribution in [-0.4, -0.2) is 0 Å². The molecule has 0 spiro atoms. The van der Waals surface area contributed by atoms with Crippen LogP contribution in [0.3, 0.4) is 0 Å². The van der Waals surface area contributed by atoms with Crippen LogP contribution in [0.2, 0.25) is 0 Å². The highest BCUT2D eigenvalue weighted by Gasteiger charge is 2.36. The monoisotopic (exact) mass is 428 g/mol. The molecule has 1 aromatic carbocycles. The first kappa shape index (κ1) is 23.0. The highest BCUT2D eigenvalue weighted by Crippen LogP contribution is 2.49. The average Bonchev–Trinajstić information content (AvgIpc) is 2.79. The van der Waals surface area contributed by atoms with Gasteiger partial charge in [-0.1, -0.05) is 64.4 Å². The van der Waals surface area contributed by atoms with Crippen LogP contribution in [0.15, 0.2) is 24.8 Å². The Morgan fingerprint density at radius 3 is 2.06 bits per heavy atom. The van der Waals surface area contributed by atoms with Crippen LogP contribution >= 0.6 is 0 Å². The van der Waals surface area contributed by atoms with E-state index in [1.54, 1.807) is 18.2 Å². The molecule has 0 bridgehead atoms. The fourth-order valence-corrected chi connectivity index (χ4v) is 7.15. The lowest BCUT2D eigenvalue weighted by Crippen LogP contribution is -2.31. The smallest absolute Gasteiger partial charge is 0.129 e. The van der Waals surface area contributed by atoms with E-state index in [0.29, 0.717) is 5.92 Å². The predicted octanol–water partition coefficient (Wildman–Crippen LogP) is 8.99. The minimum Gasteiger partial charge on any atom is -0.207 e. The first-order valence-electron chi connectivity index (χ1n) is 13.2. The third-order valence-electron chi connectivity index (χ3n) is 9.23. The third-order valence-corrected chi connectivity index (χ3v) is 9.23. The second kappa shape index (κ2) is 10.6. The molecule has 4 unspecified atom stereocenters. The van der Waals surface area contributed by atoms with E-state index in [-0.39, 0.29) is 12.0 Å². The number of benzene rings is 1. The summed E-state index contributed by atoms with van der Waals surface area (Å²) >= 11 is 0. The first-order valence-corrected chi connectivity index (χ1v) is 13.2. The van der Waals surface area contributed by atoms with Crippen LogP contribution in [0, 0.1) is 41.2 Å². The number of fused-ring (bicyclic) bond motifs is 1. The van der Waals surface area contributed by atoms with E-state index < -0.39 is 11.6 Å². The topological polar surface area (TPSA) is 0 Å². The summed E-state index contributed by atoms with van der Waals surface area (Å²) in [5.41, 5.74) is 1.04. The van der Waals surface area contributed by atoms with Gasteiger partial charge in [0.1, 0.15) is 11.6 Å². The molecule has 0 N–H and O–H groups in total. The van der Waals surface area contributed by atoms with Gasteiger partial charge in [-0.25, -0.2) is 8.78 Å². The molecule has 0 heterocycles. The molecule has 1 aromatic rings. The zero-order valence-corrected chi connectivity index (χ0v) is 19.6. The minimum absolute atomic E-state index is 0.163. The van der Waals surface area contributed by atoms with Crippen molar-refractivity contribution >= 4 is 0 Å². The first-order chi connectivity index (χ1) is 15.1. The van der Waals surface area contributed by atoms with Crippen LogP contribution in [0.1, 0.15) is 107 Å². The highest BCUT2D eigenvalue weighted by atomic mass is 19.1. The molecule has 0 saturated heterocycles. The van der Waals surface area contributed by atoms with Gasteiger partial charge in [0.2, 0.25) is 0 Å². The van der Waals surface area contributed by atoms with Crippen LogP contribution in [0.25, 0.3) is 0 Å². The van der Waals surface area contributed by atoms with Crippen molar-refractivity contribution in [3.63, 3.8) is 0 Å². The largest absolute Gasteiger partial charge is 0.207 e. The molecular weight excluding hydrogens is 386 g/mol. The molecule has 0 amide bonds. The molecule has 31 heavy (non-hydrogen) atoms. The van der Waals surface area contributed by atoms with E-state index in [9.17, 15) is 8.78 Å². The van der Waals surface area contributed by atoms with E-state index in [0.717, 1.165) is 48.0 Å². The van der Waals surface area contributed by atoms with Gasteiger partial charge in [0.05, 0.1) is 0 Å². The van der Waals surface area contributed by atoms with Gasteiger partial charge in [0.15, 0.2) is 0 Å². The maximum absolute atomic E-state index is 14.4. The van der Waals surface area contributed by atoms with E-state index >= 15 is 0 Å². The fraction of sp³-hybridized carbons (Fsp3) is 0.724. The van der Waals surface area contributed by atoms with Gasteiger partial charge in [-0.05, 0) is 91.7 Å². The number of hydrogen-bond acceptors (Lipinski definition) is 0. The molecule has 0 radical (unpaired) electrons. The number of hydrogen-bond donors (Lipinski definition) is 0. The van der Waals surface area contributed by atoms with Gasteiger partial charge < -0.3 is 0 Å². The average molecular weight is 429 g/mol. The number of rotatable bonds is 7. The van der Waals surface area contributed by atoms with Crippen molar-refractivity contribution in [2.24, 2.45) is 29.6 Å². The third kappa shape index (κ3) is 5.60. The Bertz CT molecular complexity index is 707. The lowest BCUT2D eigenvalue weighted by molar-refractivity contribution is 0.108. The van der Waals surface area contributed by atoms with E-state index in [2.05, 4.69) is 13.5 Å². The van der Waals surface area contributed by atoms with Crippen LogP contribution in [-0.2, 0) is 6.42 Å². The normalized spacial score (nSPS) is 33.6. The van der Waals surface area contributed by atoms with Crippen molar-refractivity contribution in [2.45, 2.75) is 103 Å². The second-order valence-electron chi connectivity index (χ2n) is 11.0. The molecule has 3 aliphatic rings. The lowest BCUT2D eigenvalue weighted by Gasteiger charge is -2.43. The lowest BCUT2D eigenvalue weighted by atomic mass is 9.63. The maximum atomic E-state index is 14.4. The van der Waals surface area contributed by atoms with Gasteiger partial charge in [-0.3, -0.25) is 0 Å². The highest BCUT2D eigenvalue weighted by molar-refractivity contribution is 5.30. The summed E-state index contributed by atoms with van der Waals surface area (Å²) < 4.78 is 28.9. The Morgan fingerprint density at radius 2 is 1.39 bits per heavy atom. The minimum atomic E-state index is -0.395. The molecular formula is C29H42F2. The molecule has 0 aromatic heterocycles. The van der Waals surface area contributed by atoms with Gasteiger partial charge in [0, 0.05) is 5.56 Å². The predicted molar refractivity (Wildman–Crippen MR) is 126 cm³/mol. The second-order valence-corrected chi connectivity index (χ2v) is 11.0. The van der Waals surface area contributed by atoms with E-state index in [4.69, 9.17) is 0 Å². The SMILES string of the molecule is C=CCc1c(F)cc(C2CCC3CC(CCC4CCC(CC)CC4)CCC3C2)cc1F. The zero-order valence-electron chi connectivity index (χ0n) is 19.6. The summed E-state index contributed by atoms with van der Waals surface area (Å²) in [6, 6.07) is 3.21. The van der Waals surface area contributed by atoms with Crippen molar-refractivity contribution in [1.82, 2.24) is 0 Å². The van der Waals surface area contributed by atoms with Crippen molar-refractivity contribution in [3.8, 4) is 0 Å². The van der Waals surface area contributed by atoms with Crippen molar-refractivity contribution < 1.29 is 8.78 Å². The van der Waals surface area contributed by atoms with E-state index in [1.165, 1.54) is 70.6 Å². The number of allylic oxidation sites excluding steroid dienone is 1. The summed E-state index contributed by atoms with van der Waals surface area (Å²) in [5.74, 6) is 4.06. The standard InChI is InChI=1S/C29H42F2/c1-3-5-27-28(30)18-26(19-29(27)31)25-15-14-23-16-22(12-13-24(23)17-25)11-10-21-8-6-20(4-2)7-9-21/h3,18-25H,1,4-17H2,2H3. The summed E-state index contributed by atoms with van der Waals surface area (Å²) in [6.07, 6.45) is 19.5. The molecule has 0 nitrogen and oxygen atoms in total. The molecule has 3 aliphatic carbocycles. The summed E-state index contributed by atoms with van der Waals surface area (Å²) in [5, 5.41) is 0.